The van der Waals surface area contributed by atoms with Gasteiger partial charge >= 0.3 is 8.56 Å². The smallest absolute Gasteiger partial charge is 0.334 e. The first-order valence-electron chi connectivity index (χ1n) is 10.9. The van der Waals surface area contributed by atoms with E-state index in [9.17, 15) is 0 Å². The summed E-state index contributed by atoms with van der Waals surface area (Å²) in [6.45, 7) is 14.4. The van der Waals surface area contributed by atoms with Gasteiger partial charge < -0.3 is 13.3 Å². The molecule has 1 rings (SSSR count). The Labute approximate surface area is 180 Å². The Bertz CT molecular complexity index is 605. The van der Waals surface area contributed by atoms with Crippen molar-refractivity contribution in [1.29, 1.82) is 0 Å². The third kappa shape index (κ3) is 11.6. The van der Waals surface area contributed by atoms with E-state index in [2.05, 4.69) is 42.1 Å². The number of aliphatic imine (C=N–C) groups is 2. The van der Waals surface area contributed by atoms with Gasteiger partial charge in [0.1, 0.15) is 0 Å². The van der Waals surface area contributed by atoms with E-state index >= 15 is 0 Å². The molecular formula is C22H39N2O3Si2. The molecule has 29 heavy (non-hydrogen) atoms. The first kappa shape index (κ1) is 25.9. The fraction of sp³-hybridized carbons (Fsp3) is 0.636. The van der Waals surface area contributed by atoms with Crippen LogP contribution >= 0.6 is 0 Å². The number of nitrogens with zero attached hydrogens (tertiary/aromatic N) is 2. The molecule has 0 saturated heterocycles. The molecule has 0 spiro atoms. The Morgan fingerprint density at radius 3 is 1.97 bits per heavy atom. The van der Waals surface area contributed by atoms with Crippen LogP contribution in [-0.4, -0.2) is 62.9 Å². The van der Waals surface area contributed by atoms with Crippen molar-refractivity contribution in [2.45, 2.75) is 58.8 Å². The van der Waals surface area contributed by atoms with Crippen LogP contribution in [0, 0.1) is 0 Å². The van der Waals surface area contributed by atoms with Gasteiger partial charge in [0.05, 0.1) is 0 Å². The summed E-state index contributed by atoms with van der Waals surface area (Å²) in [5.74, 6) is 0. The lowest BCUT2D eigenvalue weighted by Gasteiger charge is -2.25. The van der Waals surface area contributed by atoms with Crippen LogP contribution in [0.1, 0.15) is 44.7 Å². The summed E-state index contributed by atoms with van der Waals surface area (Å²) in [5.41, 5.74) is 2.23. The highest BCUT2D eigenvalue weighted by molar-refractivity contribution is 6.66. The lowest BCUT2D eigenvalue weighted by molar-refractivity contribution is 0.188. The maximum atomic E-state index is 5.89. The van der Waals surface area contributed by atoms with Crippen LogP contribution in [0.2, 0.25) is 25.2 Å². The summed E-state index contributed by atoms with van der Waals surface area (Å²) in [5, 5.41) is 0. The molecule has 0 aliphatic carbocycles. The number of rotatable bonds is 16. The molecule has 0 fully saturated rings. The number of benzene rings is 1. The minimum atomic E-state index is -2.03. The van der Waals surface area contributed by atoms with Crippen molar-refractivity contribution in [1.82, 2.24) is 0 Å². The third-order valence-corrected chi connectivity index (χ3v) is 9.38. The summed E-state index contributed by atoms with van der Waals surface area (Å²) < 4.78 is 17.4. The molecule has 0 bridgehead atoms. The molecule has 7 heteroatoms. The Kier molecular flexibility index (Phi) is 14.0. The van der Waals surface area contributed by atoms with Gasteiger partial charge in [0, 0.05) is 56.5 Å². The molecule has 0 aromatic heterocycles. The van der Waals surface area contributed by atoms with E-state index in [-0.39, 0.29) is 0 Å². The highest BCUT2D eigenvalue weighted by atomic mass is 28.4. The van der Waals surface area contributed by atoms with E-state index < -0.39 is 17.6 Å². The van der Waals surface area contributed by atoms with Gasteiger partial charge in [0.15, 0.2) is 0 Å². The van der Waals surface area contributed by atoms with Gasteiger partial charge in [-0.05, 0) is 58.8 Å². The first-order chi connectivity index (χ1) is 14.0. The molecule has 1 aromatic rings. The van der Waals surface area contributed by atoms with Crippen molar-refractivity contribution in [3.8, 4) is 0 Å². The van der Waals surface area contributed by atoms with E-state index in [4.69, 9.17) is 13.3 Å². The molecule has 0 aliphatic heterocycles. The molecule has 5 nitrogen and oxygen atoms in total. The molecule has 1 aromatic carbocycles. The van der Waals surface area contributed by atoms with Gasteiger partial charge in [-0.1, -0.05) is 24.3 Å². The minimum Gasteiger partial charge on any atom is -0.417 e. The topological polar surface area (TPSA) is 52.4 Å². The molecular weight excluding hydrogens is 396 g/mol. The van der Waals surface area contributed by atoms with E-state index in [0.717, 1.165) is 55.8 Å². The lowest BCUT2D eigenvalue weighted by Crippen LogP contribution is -2.38. The Morgan fingerprint density at radius 1 is 0.897 bits per heavy atom. The number of hydrogen-bond acceptors (Lipinski definition) is 5. The summed E-state index contributed by atoms with van der Waals surface area (Å²) in [6, 6.07) is 10.4. The van der Waals surface area contributed by atoms with E-state index in [1.807, 2.05) is 38.4 Å². The second kappa shape index (κ2) is 15.7. The van der Waals surface area contributed by atoms with Crippen LogP contribution in [0.3, 0.4) is 0 Å². The van der Waals surface area contributed by atoms with E-state index in [0.29, 0.717) is 13.2 Å². The normalized spacial score (nSPS) is 12.6. The van der Waals surface area contributed by atoms with Gasteiger partial charge in [-0.3, -0.25) is 9.98 Å². The van der Waals surface area contributed by atoms with Crippen molar-refractivity contribution in [3.63, 3.8) is 0 Å². The van der Waals surface area contributed by atoms with Gasteiger partial charge in [-0.25, -0.2) is 0 Å². The standard InChI is InChI=1S/C22H39N2O3Si2/c1-6-25-28(4)17-11-15-23-19-21-13-9-10-14-22(21)20-24-16-12-18-29(5,26-7-2)27-8-3/h9-10,13-14,19-20H,6-8,11-12,15-18H2,1-5H3. The van der Waals surface area contributed by atoms with Gasteiger partial charge in [-0.2, -0.15) is 0 Å². The predicted molar refractivity (Wildman–Crippen MR) is 128 cm³/mol. The van der Waals surface area contributed by atoms with Gasteiger partial charge in [0.2, 0.25) is 9.04 Å². The van der Waals surface area contributed by atoms with Crippen molar-refractivity contribution < 1.29 is 13.3 Å². The zero-order chi connectivity index (χ0) is 21.4. The molecule has 0 unspecified atom stereocenters. The number of hydrogen-bond donors (Lipinski definition) is 0. The monoisotopic (exact) mass is 435 g/mol. The molecule has 0 heterocycles. The van der Waals surface area contributed by atoms with Crippen LogP contribution in [0.25, 0.3) is 0 Å². The first-order valence-corrected chi connectivity index (χ1v) is 15.5. The van der Waals surface area contributed by atoms with Crippen LogP contribution in [0.15, 0.2) is 34.3 Å². The van der Waals surface area contributed by atoms with Crippen molar-refractivity contribution in [3.05, 3.63) is 35.4 Å². The predicted octanol–water partition coefficient (Wildman–Crippen LogP) is 5.11. The summed E-state index contributed by atoms with van der Waals surface area (Å²) in [6.07, 6.45) is 6.00. The second-order valence-corrected chi connectivity index (χ2v) is 12.6. The largest absolute Gasteiger partial charge is 0.417 e. The third-order valence-electron chi connectivity index (χ3n) is 4.48. The quantitative estimate of drug-likeness (QED) is 0.206. The Balaban J connectivity index is 2.47. The highest BCUT2D eigenvalue weighted by Gasteiger charge is 2.29. The SMILES string of the molecule is CCO[Si](C)CCCN=Cc1ccccc1C=NCCC[Si](C)(OCC)OCC. The summed E-state index contributed by atoms with van der Waals surface area (Å²) in [4.78, 5) is 9.22. The molecule has 0 N–H and O–H groups in total. The zero-order valence-electron chi connectivity index (χ0n) is 18.9. The maximum absolute atomic E-state index is 5.89. The van der Waals surface area contributed by atoms with Gasteiger partial charge in [0.25, 0.3) is 0 Å². The van der Waals surface area contributed by atoms with Crippen molar-refractivity contribution in [2.75, 3.05) is 32.9 Å². The molecule has 0 amide bonds. The van der Waals surface area contributed by atoms with Crippen LogP contribution < -0.4 is 0 Å². The van der Waals surface area contributed by atoms with Crippen molar-refractivity contribution >= 4 is 30.0 Å². The van der Waals surface area contributed by atoms with E-state index in [1.54, 1.807) is 0 Å². The summed E-state index contributed by atoms with van der Waals surface area (Å²) in [7, 11) is -2.67. The molecule has 163 valence electrons. The van der Waals surface area contributed by atoms with Crippen LogP contribution in [0.5, 0.6) is 0 Å². The average Bonchev–Trinajstić information content (AvgIpc) is 2.69. The van der Waals surface area contributed by atoms with E-state index in [1.165, 1.54) is 0 Å². The minimum absolute atomic E-state index is 0.638. The Hall–Kier alpha value is -1.13. The fourth-order valence-corrected chi connectivity index (χ4v) is 6.78. The molecule has 0 aliphatic rings. The van der Waals surface area contributed by atoms with Gasteiger partial charge in [-0.15, -0.1) is 0 Å². The maximum Gasteiger partial charge on any atom is 0.334 e. The molecule has 0 atom stereocenters. The molecule has 1 radical (unpaired) electrons. The summed E-state index contributed by atoms with van der Waals surface area (Å²) >= 11 is 0. The average molecular weight is 436 g/mol. The lowest BCUT2D eigenvalue weighted by atomic mass is 10.1. The van der Waals surface area contributed by atoms with Crippen LogP contribution in [-0.2, 0) is 13.3 Å². The highest BCUT2D eigenvalue weighted by Crippen LogP contribution is 2.16. The van der Waals surface area contributed by atoms with Crippen LogP contribution in [0.4, 0.5) is 0 Å². The molecule has 0 saturated carbocycles. The fourth-order valence-electron chi connectivity index (χ4n) is 3.10. The Morgan fingerprint density at radius 2 is 1.45 bits per heavy atom. The van der Waals surface area contributed by atoms with Crippen molar-refractivity contribution in [2.24, 2.45) is 9.98 Å². The zero-order valence-corrected chi connectivity index (χ0v) is 20.9. The second-order valence-electron chi connectivity index (χ2n) is 7.04.